The van der Waals surface area contributed by atoms with Crippen molar-refractivity contribution in [3.63, 3.8) is 0 Å². The number of piperidine rings is 1. The summed E-state index contributed by atoms with van der Waals surface area (Å²) in [6, 6.07) is 17.6. The molecule has 53 heavy (non-hydrogen) atoms. The summed E-state index contributed by atoms with van der Waals surface area (Å²) >= 11 is 0. The van der Waals surface area contributed by atoms with Crippen LogP contribution in [-0.4, -0.2) is 102 Å². The average Bonchev–Trinajstić information content (AvgIpc) is 3.43. The van der Waals surface area contributed by atoms with Gasteiger partial charge in [0, 0.05) is 56.7 Å². The Morgan fingerprint density at radius 1 is 0.849 bits per heavy atom. The number of nitrogens with one attached hydrogen (secondary N) is 3. The van der Waals surface area contributed by atoms with Gasteiger partial charge in [-0.05, 0) is 73.7 Å². The maximum absolute atomic E-state index is 13.5. The van der Waals surface area contributed by atoms with Crippen molar-refractivity contribution in [2.24, 2.45) is 0 Å². The minimum atomic E-state index is -1.03. The number of hydroxylamine groups is 1. The molecule has 3 aromatic rings. The van der Waals surface area contributed by atoms with E-state index >= 15 is 0 Å². The molecule has 4 N–H and O–H groups in total. The molecule has 2 saturated heterocycles. The largest absolute Gasteiger partial charge is 0.494 e. The van der Waals surface area contributed by atoms with E-state index in [4.69, 9.17) is 9.94 Å². The van der Waals surface area contributed by atoms with Gasteiger partial charge in [-0.1, -0.05) is 24.3 Å². The van der Waals surface area contributed by atoms with E-state index in [1.165, 1.54) is 12.1 Å². The Bertz CT molecular complexity index is 1920. The Morgan fingerprint density at radius 2 is 1.57 bits per heavy atom. The van der Waals surface area contributed by atoms with Gasteiger partial charge in [-0.25, -0.2) is 5.48 Å². The maximum Gasteiger partial charge on any atom is 0.274 e. The zero-order valence-electron chi connectivity index (χ0n) is 29.0. The second kappa shape index (κ2) is 16.5. The molecule has 1 atom stereocenters. The van der Waals surface area contributed by atoms with Gasteiger partial charge in [0.2, 0.25) is 17.7 Å². The molecule has 3 heterocycles. The first-order valence-corrected chi connectivity index (χ1v) is 17.6. The number of hydrogen-bond acceptors (Lipinski definition) is 10. The molecular weight excluding hydrogens is 684 g/mol. The van der Waals surface area contributed by atoms with Crippen LogP contribution in [0.25, 0.3) is 0 Å². The summed E-state index contributed by atoms with van der Waals surface area (Å²) in [4.78, 5) is 92.5. The van der Waals surface area contributed by atoms with Gasteiger partial charge in [0.25, 0.3) is 23.6 Å². The summed E-state index contributed by atoms with van der Waals surface area (Å²) in [6.07, 6.45) is 2.46. The summed E-state index contributed by atoms with van der Waals surface area (Å²) in [5.74, 6) is -2.46. The summed E-state index contributed by atoms with van der Waals surface area (Å²) < 4.78 is 5.86. The van der Waals surface area contributed by atoms with Gasteiger partial charge >= 0.3 is 0 Å². The Labute approximate surface area is 305 Å². The number of amides is 7. The van der Waals surface area contributed by atoms with Crippen molar-refractivity contribution in [2.45, 2.75) is 44.6 Å². The SMILES string of the molecule is O=C1CCC(N2C(=O)c3cccc(N4CCN(C(=O)CCCCOc5ccc(CCNC(=O)c6cccc(C(=O)NO)c6)cc5)CC4)c3C2=O)C(=O)N1. The normalized spacial score (nSPS) is 17.0. The van der Waals surface area contributed by atoms with Crippen LogP contribution in [0.2, 0.25) is 0 Å². The Kier molecular flexibility index (Phi) is 11.4. The molecule has 0 bridgehead atoms. The number of piperazine rings is 1. The molecule has 1 unspecified atom stereocenters. The van der Waals surface area contributed by atoms with E-state index in [9.17, 15) is 33.6 Å². The molecule has 0 radical (unpaired) electrons. The van der Waals surface area contributed by atoms with Crippen LogP contribution in [0, 0.1) is 0 Å². The summed E-state index contributed by atoms with van der Waals surface area (Å²) in [7, 11) is 0. The van der Waals surface area contributed by atoms with Crippen LogP contribution in [-0.2, 0) is 20.8 Å². The number of imide groups is 2. The van der Waals surface area contributed by atoms with Gasteiger partial charge in [0.15, 0.2) is 0 Å². The first-order valence-electron chi connectivity index (χ1n) is 17.6. The smallest absolute Gasteiger partial charge is 0.274 e. The number of fused-ring (bicyclic) bond motifs is 1. The monoisotopic (exact) mass is 724 g/mol. The van der Waals surface area contributed by atoms with Crippen LogP contribution < -0.4 is 25.8 Å². The van der Waals surface area contributed by atoms with E-state index in [1.54, 1.807) is 40.7 Å². The molecule has 3 aromatic carbocycles. The van der Waals surface area contributed by atoms with Gasteiger partial charge < -0.3 is 19.9 Å². The maximum atomic E-state index is 13.5. The molecule has 0 aliphatic carbocycles. The molecule has 0 spiro atoms. The van der Waals surface area contributed by atoms with Gasteiger partial charge in [-0.15, -0.1) is 0 Å². The van der Waals surface area contributed by atoms with Crippen LogP contribution in [0.1, 0.15) is 79.1 Å². The number of anilines is 1. The first-order chi connectivity index (χ1) is 25.6. The number of benzene rings is 3. The highest BCUT2D eigenvalue weighted by molar-refractivity contribution is 6.25. The third-order valence-electron chi connectivity index (χ3n) is 9.58. The first kappa shape index (κ1) is 36.7. The quantitative estimate of drug-likeness (QED) is 0.0878. The van der Waals surface area contributed by atoms with E-state index in [1.807, 2.05) is 29.2 Å². The predicted molar refractivity (Wildman–Crippen MR) is 189 cm³/mol. The highest BCUT2D eigenvalue weighted by Gasteiger charge is 2.46. The fourth-order valence-corrected chi connectivity index (χ4v) is 6.72. The van der Waals surface area contributed by atoms with Crippen LogP contribution in [0.5, 0.6) is 5.75 Å². The van der Waals surface area contributed by atoms with E-state index < -0.39 is 35.6 Å². The average molecular weight is 725 g/mol. The van der Waals surface area contributed by atoms with Gasteiger partial charge in [0.05, 0.1) is 23.4 Å². The number of hydrogen-bond donors (Lipinski definition) is 4. The minimum absolute atomic E-state index is 0.0398. The molecule has 6 rings (SSSR count). The number of rotatable bonds is 13. The van der Waals surface area contributed by atoms with Gasteiger partial charge in [0.1, 0.15) is 11.8 Å². The lowest BCUT2D eigenvalue weighted by Gasteiger charge is -2.37. The molecule has 0 saturated carbocycles. The van der Waals surface area contributed by atoms with Crippen molar-refractivity contribution in [3.8, 4) is 5.75 Å². The summed E-state index contributed by atoms with van der Waals surface area (Å²) in [6.45, 7) is 2.72. The number of carbonyl (C=O) groups excluding carboxylic acids is 7. The lowest BCUT2D eigenvalue weighted by molar-refractivity contribution is -0.136. The Hall–Kier alpha value is -6.09. The lowest BCUT2D eigenvalue weighted by Crippen LogP contribution is -2.54. The summed E-state index contributed by atoms with van der Waals surface area (Å²) in [5, 5.41) is 13.8. The number of carbonyl (C=O) groups is 7. The highest BCUT2D eigenvalue weighted by atomic mass is 16.5. The van der Waals surface area contributed by atoms with E-state index in [2.05, 4.69) is 10.6 Å². The van der Waals surface area contributed by atoms with Crippen LogP contribution in [0.15, 0.2) is 66.7 Å². The molecule has 15 nitrogen and oxygen atoms in total. The fourth-order valence-electron chi connectivity index (χ4n) is 6.72. The van der Waals surface area contributed by atoms with Crippen molar-refractivity contribution in [1.29, 1.82) is 0 Å². The molecule has 7 amide bonds. The second-order valence-corrected chi connectivity index (χ2v) is 13.0. The second-order valence-electron chi connectivity index (χ2n) is 13.0. The van der Waals surface area contributed by atoms with Gasteiger partial charge in [-0.3, -0.25) is 49.0 Å². The molecule has 276 valence electrons. The zero-order chi connectivity index (χ0) is 37.5. The third kappa shape index (κ3) is 8.36. The lowest BCUT2D eigenvalue weighted by atomic mass is 10.0. The molecule has 15 heteroatoms. The van der Waals surface area contributed by atoms with Crippen molar-refractivity contribution in [2.75, 3.05) is 44.2 Å². The van der Waals surface area contributed by atoms with E-state index in [0.29, 0.717) is 82.0 Å². The van der Waals surface area contributed by atoms with Crippen molar-refractivity contribution < 1.29 is 43.5 Å². The zero-order valence-corrected chi connectivity index (χ0v) is 29.0. The topological polar surface area (TPSA) is 195 Å². The van der Waals surface area contributed by atoms with Gasteiger partial charge in [-0.2, -0.15) is 0 Å². The predicted octanol–water partition coefficient (Wildman–Crippen LogP) is 2.08. The van der Waals surface area contributed by atoms with E-state index in [-0.39, 0.29) is 41.3 Å². The highest BCUT2D eigenvalue weighted by Crippen LogP contribution is 2.34. The van der Waals surface area contributed by atoms with Crippen LogP contribution >= 0.6 is 0 Å². The number of unbranched alkanes of at least 4 members (excludes halogenated alkanes) is 1. The van der Waals surface area contributed by atoms with E-state index in [0.717, 1.165) is 10.5 Å². The Morgan fingerprint density at radius 3 is 2.28 bits per heavy atom. The number of ether oxygens (including phenoxy) is 1. The molecule has 2 fully saturated rings. The molecule has 3 aliphatic rings. The fraction of sp³-hybridized carbons (Fsp3) is 0.342. The van der Waals surface area contributed by atoms with Crippen molar-refractivity contribution in [1.82, 2.24) is 25.9 Å². The molecule has 3 aliphatic heterocycles. The standard InChI is InChI=1S/C38H40N6O9/c45-31-15-14-30(36(49)40-31)44-37(50)28-7-4-8-29(33(28)38(44)51)42-18-20-43(21-19-42)32(46)9-1-2-22-53-27-12-10-24(11-13-27)16-17-39-34(47)25-5-3-6-26(23-25)35(48)41-52/h3-8,10-13,23,30,52H,1-2,9,14-22H2,(H,39,47)(H,41,48)(H,40,45,49). The summed E-state index contributed by atoms with van der Waals surface area (Å²) in [5.41, 5.74) is 4.11. The number of nitrogens with zero attached hydrogens (tertiary/aromatic N) is 3. The third-order valence-corrected chi connectivity index (χ3v) is 9.58. The molecular formula is C38H40N6O9. The Balaban J connectivity index is 0.891. The van der Waals surface area contributed by atoms with Crippen LogP contribution in [0.3, 0.4) is 0 Å². The van der Waals surface area contributed by atoms with Crippen molar-refractivity contribution in [3.05, 3.63) is 94.5 Å². The minimum Gasteiger partial charge on any atom is -0.494 e. The van der Waals surface area contributed by atoms with Crippen LogP contribution in [0.4, 0.5) is 5.69 Å². The molecule has 0 aromatic heterocycles. The van der Waals surface area contributed by atoms with Crippen molar-refractivity contribution >= 4 is 47.0 Å².